The normalized spacial score (nSPS) is 20.5. The van der Waals surface area contributed by atoms with Crippen molar-refractivity contribution >= 4 is 17.5 Å². The van der Waals surface area contributed by atoms with Crippen molar-refractivity contribution in [3.63, 3.8) is 0 Å². The van der Waals surface area contributed by atoms with Crippen LogP contribution in [0.4, 0.5) is 10.3 Å². The molecule has 0 radical (unpaired) electrons. The van der Waals surface area contributed by atoms with Gasteiger partial charge in [-0.2, -0.15) is 0 Å². The molecule has 5 heteroatoms. The Labute approximate surface area is 115 Å². The Morgan fingerprint density at radius 3 is 2.68 bits per heavy atom. The van der Waals surface area contributed by atoms with Crippen LogP contribution >= 0.6 is 11.6 Å². The van der Waals surface area contributed by atoms with Gasteiger partial charge in [0, 0.05) is 11.5 Å². The van der Waals surface area contributed by atoms with Crippen molar-refractivity contribution in [3.05, 3.63) is 34.7 Å². The second-order valence-electron chi connectivity index (χ2n) is 5.65. The number of nitrogens with two attached hydrogens (primary N) is 1. The van der Waals surface area contributed by atoms with Crippen LogP contribution in [0.5, 0.6) is 0 Å². The SMILES string of the molecule is CC1(C)CC1c1noc(N)c1-c1c(F)cccc1Cl. The number of rotatable bonds is 2. The van der Waals surface area contributed by atoms with Gasteiger partial charge in [0.25, 0.3) is 0 Å². The Bertz CT molecular complexity index is 631. The molecule has 1 unspecified atom stereocenters. The molecule has 0 saturated heterocycles. The van der Waals surface area contributed by atoms with Crippen molar-refractivity contribution in [1.29, 1.82) is 0 Å². The first-order valence-corrected chi connectivity index (χ1v) is 6.49. The Kier molecular flexibility index (Phi) is 2.61. The molecule has 1 aromatic carbocycles. The first-order valence-electron chi connectivity index (χ1n) is 6.11. The van der Waals surface area contributed by atoms with Crippen LogP contribution in [0.2, 0.25) is 5.02 Å². The third kappa shape index (κ3) is 1.91. The van der Waals surface area contributed by atoms with Gasteiger partial charge in [-0.3, -0.25) is 0 Å². The molecule has 3 nitrogen and oxygen atoms in total. The van der Waals surface area contributed by atoms with Gasteiger partial charge < -0.3 is 10.3 Å². The van der Waals surface area contributed by atoms with E-state index in [0.29, 0.717) is 16.3 Å². The van der Waals surface area contributed by atoms with E-state index in [1.54, 1.807) is 12.1 Å². The van der Waals surface area contributed by atoms with Gasteiger partial charge in [-0.15, -0.1) is 0 Å². The van der Waals surface area contributed by atoms with Gasteiger partial charge in [0.1, 0.15) is 5.82 Å². The van der Waals surface area contributed by atoms with E-state index in [2.05, 4.69) is 19.0 Å². The molecule has 1 saturated carbocycles. The molecule has 1 aromatic heterocycles. The van der Waals surface area contributed by atoms with E-state index >= 15 is 0 Å². The molecule has 19 heavy (non-hydrogen) atoms. The summed E-state index contributed by atoms with van der Waals surface area (Å²) in [5.74, 6) is -0.0639. The molecule has 2 N–H and O–H groups in total. The van der Waals surface area contributed by atoms with Crippen molar-refractivity contribution in [3.8, 4) is 11.1 Å². The van der Waals surface area contributed by atoms with Gasteiger partial charge in [0.2, 0.25) is 5.88 Å². The minimum Gasteiger partial charge on any atom is -0.367 e. The molecule has 1 atom stereocenters. The van der Waals surface area contributed by atoms with Crippen LogP contribution in [0.3, 0.4) is 0 Å². The summed E-state index contributed by atoms with van der Waals surface area (Å²) in [7, 11) is 0. The minimum absolute atomic E-state index is 0.115. The van der Waals surface area contributed by atoms with Gasteiger partial charge in [-0.05, 0) is 24.0 Å². The summed E-state index contributed by atoms with van der Waals surface area (Å²) in [5, 5.41) is 4.32. The molecule has 1 fully saturated rings. The van der Waals surface area contributed by atoms with Gasteiger partial charge in [0.15, 0.2) is 0 Å². The first kappa shape index (κ1) is 12.5. The molecule has 1 aliphatic carbocycles. The van der Waals surface area contributed by atoms with Crippen LogP contribution in [0.25, 0.3) is 11.1 Å². The summed E-state index contributed by atoms with van der Waals surface area (Å²) < 4.78 is 19.1. The lowest BCUT2D eigenvalue weighted by molar-refractivity contribution is 0.424. The molecule has 3 rings (SSSR count). The number of aromatic nitrogens is 1. The van der Waals surface area contributed by atoms with E-state index in [-0.39, 0.29) is 22.8 Å². The highest BCUT2D eigenvalue weighted by Crippen LogP contribution is 2.60. The lowest BCUT2D eigenvalue weighted by atomic mass is 9.99. The molecule has 0 amide bonds. The average molecular weight is 281 g/mol. The summed E-state index contributed by atoms with van der Waals surface area (Å²) in [6, 6.07) is 4.55. The van der Waals surface area contributed by atoms with E-state index in [4.69, 9.17) is 21.9 Å². The van der Waals surface area contributed by atoms with Crippen molar-refractivity contribution in [2.45, 2.75) is 26.2 Å². The molecule has 0 spiro atoms. The van der Waals surface area contributed by atoms with E-state index in [9.17, 15) is 4.39 Å². The zero-order valence-electron chi connectivity index (χ0n) is 10.7. The molecule has 100 valence electrons. The lowest BCUT2D eigenvalue weighted by Crippen LogP contribution is -1.96. The van der Waals surface area contributed by atoms with Crippen LogP contribution < -0.4 is 5.73 Å². The second-order valence-corrected chi connectivity index (χ2v) is 6.06. The monoisotopic (exact) mass is 280 g/mol. The zero-order chi connectivity index (χ0) is 13.8. The van der Waals surface area contributed by atoms with Crippen LogP contribution in [-0.2, 0) is 0 Å². The number of benzene rings is 1. The zero-order valence-corrected chi connectivity index (χ0v) is 11.5. The Hall–Kier alpha value is -1.55. The Balaban J connectivity index is 2.18. The summed E-state index contributed by atoms with van der Waals surface area (Å²) >= 11 is 6.10. The maximum absolute atomic E-state index is 14.0. The predicted molar refractivity (Wildman–Crippen MR) is 72.5 cm³/mol. The fraction of sp³-hybridized carbons (Fsp3) is 0.357. The number of nitrogens with zero attached hydrogens (tertiary/aromatic N) is 1. The minimum atomic E-state index is -0.415. The highest BCUT2D eigenvalue weighted by molar-refractivity contribution is 6.33. The number of anilines is 1. The van der Waals surface area contributed by atoms with E-state index in [0.717, 1.165) is 6.42 Å². The van der Waals surface area contributed by atoms with E-state index in [1.807, 2.05) is 0 Å². The standard InChI is InChI=1S/C14H14ClFN2O/c1-14(2)6-7(14)12-11(13(17)19-18-12)10-8(15)4-3-5-9(10)16/h3-5,7H,6,17H2,1-2H3. The smallest absolute Gasteiger partial charge is 0.230 e. The Morgan fingerprint density at radius 1 is 1.42 bits per heavy atom. The van der Waals surface area contributed by atoms with Gasteiger partial charge >= 0.3 is 0 Å². The lowest BCUT2D eigenvalue weighted by Gasteiger charge is -2.07. The van der Waals surface area contributed by atoms with Gasteiger partial charge in [-0.25, -0.2) is 4.39 Å². The first-order chi connectivity index (χ1) is 8.92. The second kappa shape index (κ2) is 3.97. The van der Waals surface area contributed by atoms with Crippen molar-refractivity contribution in [1.82, 2.24) is 5.16 Å². The molecular formula is C14H14ClFN2O. The van der Waals surface area contributed by atoms with E-state index in [1.165, 1.54) is 6.07 Å². The summed E-state index contributed by atoms with van der Waals surface area (Å²) in [6.45, 7) is 4.27. The summed E-state index contributed by atoms with van der Waals surface area (Å²) in [4.78, 5) is 0. The van der Waals surface area contributed by atoms with Gasteiger partial charge in [-0.1, -0.05) is 36.7 Å². The highest BCUT2D eigenvalue weighted by Gasteiger charge is 2.50. The van der Waals surface area contributed by atoms with Crippen molar-refractivity contribution < 1.29 is 8.91 Å². The highest BCUT2D eigenvalue weighted by atomic mass is 35.5. The van der Waals surface area contributed by atoms with Crippen LogP contribution in [-0.4, -0.2) is 5.16 Å². The molecule has 1 aliphatic rings. The third-order valence-corrected chi connectivity index (χ3v) is 4.12. The Morgan fingerprint density at radius 2 is 2.11 bits per heavy atom. The molecule has 1 heterocycles. The largest absolute Gasteiger partial charge is 0.367 e. The number of halogens is 2. The van der Waals surface area contributed by atoms with Crippen LogP contribution in [0.1, 0.15) is 31.9 Å². The predicted octanol–water partition coefficient (Wildman–Crippen LogP) is 4.23. The average Bonchev–Trinajstić information content (AvgIpc) is 2.78. The summed E-state index contributed by atoms with van der Waals surface area (Å²) in [5.41, 5.74) is 7.44. The molecular weight excluding hydrogens is 267 g/mol. The quantitative estimate of drug-likeness (QED) is 0.895. The van der Waals surface area contributed by atoms with E-state index < -0.39 is 5.82 Å². The van der Waals surface area contributed by atoms with Crippen LogP contribution in [0, 0.1) is 11.2 Å². The fourth-order valence-corrected chi connectivity index (χ4v) is 2.73. The number of hydrogen-bond donors (Lipinski definition) is 1. The topological polar surface area (TPSA) is 52.0 Å². The number of hydrogen-bond acceptors (Lipinski definition) is 3. The molecule has 0 bridgehead atoms. The maximum atomic E-state index is 14.0. The van der Waals surface area contributed by atoms with Crippen molar-refractivity contribution in [2.24, 2.45) is 5.41 Å². The summed E-state index contributed by atoms with van der Waals surface area (Å²) in [6.07, 6.45) is 0.984. The molecule has 0 aliphatic heterocycles. The fourth-order valence-electron chi connectivity index (χ4n) is 2.48. The third-order valence-electron chi connectivity index (χ3n) is 3.80. The number of nitrogen functional groups attached to an aromatic ring is 1. The molecule has 2 aromatic rings. The van der Waals surface area contributed by atoms with Gasteiger partial charge in [0.05, 0.1) is 16.3 Å². The van der Waals surface area contributed by atoms with Crippen LogP contribution in [0.15, 0.2) is 22.7 Å². The van der Waals surface area contributed by atoms with Crippen molar-refractivity contribution in [2.75, 3.05) is 5.73 Å². The maximum Gasteiger partial charge on any atom is 0.230 e.